The summed E-state index contributed by atoms with van der Waals surface area (Å²) in [6, 6.07) is 6.53. The van der Waals surface area contributed by atoms with E-state index >= 15 is 0 Å². The largest absolute Gasteiger partial charge is 0.460 e. The molecule has 3 saturated carbocycles. The second-order valence-electron chi connectivity index (χ2n) is 12.1. The van der Waals surface area contributed by atoms with Crippen LogP contribution in [0.5, 0.6) is 0 Å². The summed E-state index contributed by atoms with van der Waals surface area (Å²) in [7, 11) is -4.14. The molecular weight excluding hydrogens is 492 g/mol. The molecule has 0 aromatic heterocycles. The number of carbonyl (C=O) groups is 2. The zero-order valence-corrected chi connectivity index (χ0v) is 23.3. The quantitative estimate of drug-likeness (QED) is 0.324. The molecule has 0 heterocycles. The predicted octanol–water partition coefficient (Wildman–Crippen LogP) is 4.61. The Hall–Kier alpha value is -2.03. The summed E-state index contributed by atoms with van der Waals surface area (Å²) in [6.45, 7) is 13.2. The molecular formula is C29H40O7S. The minimum atomic E-state index is -4.14. The number of hydrogen-bond donors (Lipinski definition) is 1. The fourth-order valence-corrected chi connectivity index (χ4v) is 9.01. The molecule has 4 rings (SSSR count). The molecule has 0 unspecified atom stereocenters. The Labute approximate surface area is 220 Å². The third-order valence-corrected chi connectivity index (χ3v) is 11.5. The summed E-state index contributed by atoms with van der Waals surface area (Å²) < 4.78 is 39.2. The van der Waals surface area contributed by atoms with Gasteiger partial charge in [0.25, 0.3) is 10.1 Å². The molecule has 204 valence electrons. The number of Topliss-reactive ketones (excluding diaryl/α,β-unsaturated/α-hetero) is 1. The lowest BCUT2D eigenvalue weighted by atomic mass is 9.44. The Kier molecular flexibility index (Phi) is 7.27. The molecule has 8 atom stereocenters. The summed E-state index contributed by atoms with van der Waals surface area (Å²) in [5.41, 5.74) is -1.14. The van der Waals surface area contributed by atoms with Crippen molar-refractivity contribution in [2.45, 2.75) is 83.8 Å². The molecule has 1 aromatic rings. The summed E-state index contributed by atoms with van der Waals surface area (Å²) in [6.07, 6.45) is 2.99. The van der Waals surface area contributed by atoms with Crippen LogP contribution < -0.4 is 0 Å². The van der Waals surface area contributed by atoms with Gasteiger partial charge in [-0.25, -0.2) is 4.79 Å². The average molecular weight is 533 g/mol. The van der Waals surface area contributed by atoms with Crippen molar-refractivity contribution >= 4 is 21.9 Å². The molecule has 0 spiro atoms. The van der Waals surface area contributed by atoms with Gasteiger partial charge >= 0.3 is 5.97 Å². The van der Waals surface area contributed by atoms with E-state index in [4.69, 9.17) is 8.92 Å². The topological polar surface area (TPSA) is 107 Å². The lowest BCUT2D eigenvalue weighted by Crippen LogP contribution is -2.63. The smallest absolute Gasteiger partial charge is 0.332 e. The molecule has 0 amide bonds. The maximum Gasteiger partial charge on any atom is 0.332 e. The average Bonchev–Trinajstić information content (AvgIpc) is 3.21. The van der Waals surface area contributed by atoms with Crippen molar-refractivity contribution in [2.24, 2.45) is 34.0 Å². The van der Waals surface area contributed by atoms with Gasteiger partial charge in [-0.1, -0.05) is 51.5 Å². The number of benzene rings is 1. The first-order valence-corrected chi connectivity index (χ1v) is 14.6. The Morgan fingerprint density at radius 3 is 2.43 bits per heavy atom. The molecule has 8 heteroatoms. The molecule has 2 bridgehead atoms. The lowest BCUT2D eigenvalue weighted by Gasteiger charge is -2.62. The van der Waals surface area contributed by atoms with E-state index in [0.29, 0.717) is 12.8 Å². The number of esters is 1. The van der Waals surface area contributed by atoms with Gasteiger partial charge in [-0.2, -0.15) is 8.42 Å². The van der Waals surface area contributed by atoms with Gasteiger partial charge in [-0.15, -0.1) is 6.58 Å². The van der Waals surface area contributed by atoms with Crippen LogP contribution >= 0.6 is 0 Å². The van der Waals surface area contributed by atoms with Gasteiger partial charge in [0.2, 0.25) is 0 Å². The van der Waals surface area contributed by atoms with Crippen molar-refractivity contribution in [1.82, 2.24) is 0 Å². The fraction of sp³-hybridized carbons (Fsp3) is 0.655. The van der Waals surface area contributed by atoms with Crippen molar-refractivity contribution < 1.29 is 32.0 Å². The highest BCUT2D eigenvalue weighted by molar-refractivity contribution is 7.86. The Balaban J connectivity index is 1.89. The van der Waals surface area contributed by atoms with Crippen LogP contribution in [0.2, 0.25) is 0 Å². The highest BCUT2D eigenvalue weighted by Gasteiger charge is 2.69. The summed E-state index contributed by atoms with van der Waals surface area (Å²) in [5, 5.41) is 9.52. The lowest BCUT2D eigenvalue weighted by molar-refractivity contribution is -0.205. The predicted molar refractivity (Wildman–Crippen MR) is 139 cm³/mol. The summed E-state index contributed by atoms with van der Waals surface area (Å²) in [4.78, 5) is 26.1. The second-order valence-corrected chi connectivity index (χ2v) is 13.6. The number of aryl methyl sites for hydroxylation is 1. The van der Waals surface area contributed by atoms with Crippen LogP contribution in [-0.2, 0) is 28.6 Å². The Morgan fingerprint density at radius 1 is 1.19 bits per heavy atom. The van der Waals surface area contributed by atoms with Gasteiger partial charge in [-0.3, -0.25) is 8.98 Å². The van der Waals surface area contributed by atoms with Crippen LogP contribution in [0.25, 0.3) is 0 Å². The van der Waals surface area contributed by atoms with E-state index in [2.05, 4.69) is 13.5 Å². The van der Waals surface area contributed by atoms with E-state index in [0.717, 1.165) is 18.4 Å². The van der Waals surface area contributed by atoms with Gasteiger partial charge in [0.05, 0.1) is 11.0 Å². The van der Waals surface area contributed by atoms with Crippen LogP contribution in [0.15, 0.2) is 41.8 Å². The van der Waals surface area contributed by atoms with E-state index < -0.39 is 57.1 Å². The minimum absolute atomic E-state index is 0.0701. The molecule has 1 N–H and O–H groups in total. The second kappa shape index (κ2) is 9.62. The first-order valence-electron chi connectivity index (χ1n) is 13.2. The van der Waals surface area contributed by atoms with Gasteiger partial charge < -0.3 is 9.84 Å². The van der Waals surface area contributed by atoms with E-state index in [9.17, 15) is 23.1 Å². The summed E-state index contributed by atoms with van der Waals surface area (Å²) in [5.74, 6) is -1.23. The number of ether oxygens (including phenoxy) is 1. The van der Waals surface area contributed by atoms with Crippen molar-refractivity contribution in [1.29, 1.82) is 0 Å². The van der Waals surface area contributed by atoms with Crippen molar-refractivity contribution in [3.63, 3.8) is 0 Å². The number of rotatable bonds is 6. The van der Waals surface area contributed by atoms with Crippen LogP contribution in [0, 0.1) is 40.9 Å². The number of carbonyl (C=O) groups excluding carboxylic acids is 2. The van der Waals surface area contributed by atoms with E-state index in [1.54, 1.807) is 18.2 Å². The van der Waals surface area contributed by atoms with Crippen molar-refractivity contribution in [3.8, 4) is 0 Å². The van der Waals surface area contributed by atoms with Crippen LogP contribution in [0.1, 0.15) is 65.4 Å². The monoisotopic (exact) mass is 532 g/mol. The number of aliphatic hydroxyl groups excluding tert-OH is 1. The maximum atomic E-state index is 13.6. The third-order valence-electron chi connectivity index (χ3n) is 10.2. The van der Waals surface area contributed by atoms with Crippen LogP contribution in [0.4, 0.5) is 0 Å². The molecule has 0 radical (unpaired) electrons. The highest BCUT2D eigenvalue weighted by atomic mass is 32.2. The van der Waals surface area contributed by atoms with E-state index in [1.165, 1.54) is 12.1 Å². The summed E-state index contributed by atoms with van der Waals surface area (Å²) >= 11 is 0. The molecule has 37 heavy (non-hydrogen) atoms. The molecule has 7 nitrogen and oxygen atoms in total. The molecule has 3 fully saturated rings. The van der Waals surface area contributed by atoms with Crippen molar-refractivity contribution in [2.75, 3.05) is 6.61 Å². The van der Waals surface area contributed by atoms with E-state index in [-0.39, 0.29) is 28.9 Å². The normalized spacial score (nSPS) is 39.8. The van der Waals surface area contributed by atoms with Crippen LogP contribution in [0.3, 0.4) is 0 Å². The zero-order chi connectivity index (χ0) is 27.4. The van der Waals surface area contributed by atoms with Crippen molar-refractivity contribution in [3.05, 3.63) is 42.5 Å². The van der Waals surface area contributed by atoms with Gasteiger partial charge in [-0.05, 0) is 62.0 Å². The molecule has 3 aliphatic carbocycles. The molecule has 0 saturated heterocycles. The maximum absolute atomic E-state index is 13.6. The van der Waals surface area contributed by atoms with Gasteiger partial charge in [0.15, 0.2) is 0 Å². The standard InChI is InChI=1S/C29H40O7S/c1-7-27(5)16-23(35-24(32)17-30)28(6)19(3)12-14-29(15-13-22(31)25(28)29)20(4)26(27)36-37(33,34)21-10-8-18(2)9-11-21/h7-11,19-20,23,25-26,30H,1,12-17H2,2-6H3/t19-,20+,23-,25-,26+,27-,28+,29+/m1/s1. The van der Waals surface area contributed by atoms with Crippen LogP contribution in [-0.4, -0.2) is 44.1 Å². The zero-order valence-electron chi connectivity index (χ0n) is 22.5. The molecule has 3 aliphatic rings. The molecule has 0 aliphatic heterocycles. The Morgan fingerprint density at radius 2 is 1.84 bits per heavy atom. The Bertz CT molecular complexity index is 1180. The highest BCUT2D eigenvalue weighted by Crippen LogP contribution is 2.68. The first kappa shape index (κ1) is 28.0. The SMILES string of the molecule is C=C[C@]1(C)C[C@@H](OC(=O)CO)[C@]2(C)[C@H](C)CC[C@]3(CCC(=O)[C@@H]32)[C@@H](C)[C@@H]1OS(=O)(=O)c1ccc(C)cc1. The molecule has 1 aromatic carbocycles. The van der Waals surface area contributed by atoms with E-state index in [1.807, 2.05) is 27.7 Å². The van der Waals surface area contributed by atoms with Gasteiger partial charge in [0, 0.05) is 23.2 Å². The third kappa shape index (κ3) is 4.39. The minimum Gasteiger partial charge on any atom is -0.460 e. The fourth-order valence-electron chi connectivity index (χ4n) is 7.77. The van der Waals surface area contributed by atoms with Gasteiger partial charge in [0.1, 0.15) is 18.5 Å². The number of ketones is 1. The number of aliphatic hydroxyl groups is 1. The first-order chi connectivity index (χ1) is 17.2. The number of hydrogen-bond acceptors (Lipinski definition) is 7.